The van der Waals surface area contributed by atoms with E-state index in [4.69, 9.17) is 10.8 Å². The van der Waals surface area contributed by atoms with Gasteiger partial charge in [-0.25, -0.2) is 14.2 Å². The Labute approximate surface area is 129 Å². The number of rotatable bonds is 3. The highest BCUT2D eigenvalue weighted by Gasteiger charge is 2.21. The quantitative estimate of drug-likeness (QED) is 0.893. The van der Waals surface area contributed by atoms with Crippen LogP contribution in [-0.2, 0) is 0 Å². The Balaban J connectivity index is 0.00000116. The molecule has 3 N–H and O–H groups in total. The summed E-state index contributed by atoms with van der Waals surface area (Å²) >= 11 is 0. The number of aryl methyl sites for hydroxylation is 1. The lowest BCUT2D eigenvalue weighted by Gasteiger charge is -2.11. The van der Waals surface area contributed by atoms with E-state index >= 15 is 0 Å². The van der Waals surface area contributed by atoms with Crippen LogP contribution in [0.2, 0.25) is 0 Å². The number of nitrogens with two attached hydrogens (primary N) is 1. The number of aromatic nitrogens is 1. The molecule has 1 aromatic heterocycles. The number of pyridine rings is 1. The van der Waals surface area contributed by atoms with Gasteiger partial charge in [-0.2, -0.15) is 0 Å². The van der Waals surface area contributed by atoms with Crippen molar-refractivity contribution in [1.82, 2.24) is 4.98 Å². The number of hydrogen-bond donors (Lipinski definition) is 2. The molecule has 2 aromatic rings. The fourth-order valence-corrected chi connectivity index (χ4v) is 1.87. The van der Waals surface area contributed by atoms with E-state index in [0.29, 0.717) is 5.56 Å². The number of nitrogen functional groups attached to an aromatic ring is 1. The van der Waals surface area contributed by atoms with E-state index in [0.717, 1.165) is 5.56 Å². The molecule has 0 spiro atoms. The van der Waals surface area contributed by atoms with Crippen LogP contribution in [0, 0.1) is 12.7 Å². The number of carboxylic acids is 1. The average molecular weight is 302 g/mol. The molecule has 0 aliphatic carbocycles. The van der Waals surface area contributed by atoms with Crippen molar-refractivity contribution in [2.75, 3.05) is 5.73 Å². The van der Waals surface area contributed by atoms with Gasteiger partial charge in [0.25, 0.3) is 0 Å². The number of carboxylic acid groups (broad SMARTS) is 1. The Hall–Kier alpha value is -2.69. The monoisotopic (exact) mass is 302 g/mol. The zero-order chi connectivity index (χ0) is 16.9. The van der Waals surface area contributed by atoms with Crippen molar-refractivity contribution in [1.29, 1.82) is 0 Å². The second-order valence-corrected chi connectivity index (χ2v) is 4.33. The molecule has 0 bridgehead atoms. The first kappa shape index (κ1) is 17.4. The molecule has 1 aromatic carbocycles. The highest BCUT2D eigenvalue weighted by molar-refractivity contribution is 5.93. The molecule has 0 radical (unpaired) electrons. The van der Waals surface area contributed by atoms with Crippen LogP contribution in [0.25, 0.3) is 17.3 Å². The van der Waals surface area contributed by atoms with Gasteiger partial charge in [0, 0.05) is 11.1 Å². The van der Waals surface area contributed by atoms with Crippen LogP contribution >= 0.6 is 0 Å². The fraction of sp³-hybridized carbons (Fsp3) is 0.176. The van der Waals surface area contributed by atoms with E-state index in [2.05, 4.69) is 11.6 Å². The molecular formula is C17H19FN2O2. The Kier molecular flexibility index (Phi) is 5.81. The van der Waals surface area contributed by atoms with Crippen LogP contribution in [0.5, 0.6) is 0 Å². The normalized spacial score (nSPS) is 9.64. The Morgan fingerprint density at radius 1 is 1.32 bits per heavy atom. The van der Waals surface area contributed by atoms with Gasteiger partial charge >= 0.3 is 5.97 Å². The zero-order valence-corrected chi connectivity index (χ0v) is 12.9. The van der Waals surface area contributed by atoms with Crippen LogP contribution in [0.1, 0.15) is 35.5 Å². The molecule has 0 saturated heterocycles. The van der Waals surface area contributed by atoms with Crippen molar-refractivity contribution in [3.05, 3.63) is 53.5 Å². The minimum Gasteiger partial charge on any atom is -0.476 e. The highest BCUT2D eigenvalue weighted by atomic mass is 19.1. The minimum absolute atomic E-state index is 0.00846. The van der Waals surface area contributed by atoms with Crippen LogP contribution in [0.15, 0.2) is 30.8 Å². The Morgan fingerprint density at radius 3 is 2.32 bits per heavy atom. The lowest BCUT2D eigenvalue weighted by molar-refractivity contribution is 0.0690. The van der Waals surface area contributed by atoms with Gasteiger partial charge in [0.15, 0.2) is 11.5 Å². The van der Waals surface area contributed by atoms with Crippen LogP contribution < -0.4 is 5.73 Å². The van der Waals surface area contributed by atoms with Crippen molar-refractivity contribution in [3.63, 3.8) is 0 Å². The molecule has 0 atom stereocenters. The highest BCUT2D eigenvalue weighted by Crippen LogP contribution is 2.29. The largest absolute Gasteiger partial charge is 0.476 e. The molecule has 1 heterocycles. The van der Waals surface area contributed by atoms with E-state index in [1.54, 1.807) is 24.3 Å². The van der Waals surface area contributed by atoms with Crippen LogP contribution in [0.3, 0.4) is 0 Å². The molecule has 0 aliphatic rings. The summed E-state index contributed by atoms with van der Waals surface area (Å²) in [6.45, 7) is 9.33. The Morgan fingerprint density at radius 2 is 1.86 bits per heavy atom. The maximum atomic E-state index is 14.3. The first-order valence-electron chi connectivity index (χ1n) is 6.87. The Bertz CT molecular complexity index is 695. The first-order valence-corrected chi connectivity index (χ1v) is 6.87. The number of aromatic carboxylic acids is 1. The van der Waals surface area contributed by atoms with Crippen LogP contribution in [-0.4, -0.2) is 16.1 Å². The van der Waals surface area contributed by atoms with E-state index in [-0.39, 0.29) is 22.6 Å². The van der Waals surface area contributed by atoms with Crippen molar-refractivity contribution in [3.8, 4) is 11.3 Å². The molecule has 2 rings (SSSR count). The van der Waals surface area contributed by atoms with Crippen molar-refractivity contribution in [2.24, 2.45) is 0 Å². The number of carbonyl (C=O) groups is 1. The van der Waals surface area contributed by atoms with Gasteiger partial charge in [-0.3, -0.25) is 0 Å². The standard InChI is InChI=1S/C15H13FN2O2.C2H6/c1-3-10-12(17)11(16)13(18-14(10)15(19)20)9-6-4-8(2)5-7-9;1-2/h3-7H,1H2,2H3,(H2,17,18)(H,19,20);1-2H3. The lowest BCUT2D eigenvalue weighted by atomic mass is 10.0. The SMILES string of the molecule is C=Cc1c(C(=O)O)nc(-c2ccc(C)cc2)c(F)c1N.CC. The summed E-state index contributed by atoms with van der Waals surface area (Å²) in [5.41, 5.74) is 6.47. The second kappa shape index (κ2) is 7.36. The number of halogens is 1. The van der Waals surface area contributed by atoms with Crippen LogP contribution in [0.4, 0.5) is 10.1 Å². The predicted octanol–water partition coefficient (Wildman–Crippen LogP) is 4.15. The molecule has 5 heteroatoms. The molecule has 0 saturated carbocycles. The van der Waals surface area contributed by atoms with E-state index in [9.17, 15) is 9.18 Å². The van der Waals surface area contributed by atoms with Crippen molar-refractivity contribution >= 4 is 17.7 Å². The maximum absolute atomic E-state index is 14.3. The molecule has 0 aliphatic heterocycles. The summed E-state index contributed by atoms with van der Waals surface area (Å²) in [5.74, 6) is -2.02. The third-order valence-electron chi connectivity index (χ3n) is 2.94. The van der Waals surface area contributed by atoms with Gasteiger partial charge in [-0.1, -0.05) is 56.3 Å². The van der Waals surface area contributed by atoms with E-state index in [1.807, 2.05) is 20.8 Å². The second-order valence-electron chi connectivity index (χ2n) is 4.33. The number of nitrogens with zero attached hydrogens (tertiary/aromatic N) is 1. The third kappa shape index (κ3) is 3.31. The number of hydrogen-bond acceptors (Lipinski definition) is 3. The molecule has 0 fully saturated rings. The van der Waals surface area contributed by atoms with E-state index in [1.165, 1.54) is 6.08 Å². The fourth-order valence-electron chi connectivity index (χ4n) is 1.87. The van der Waals surface area contributed by atoms with Crippen molar-refractivity contribution in [2.45, 2.75) is 20.8 Å². The minimum atomic E-state index is -1.28. The molecular weight excluding hydrogens is 283 g/mol. The summed E-state index contributed by atoms with van der Waals surface area (Å²) in [6, 6.07) is 6.90. The number of anilines is 1. The van der Waals surface area contributed by atoms with Crippen molar-refractivity contribution < 1.29 is 14.3 Å². The molecule has 116 valence electrons. The summed E-state index contributed by atoms with van der Waals surface area (Å²) in [7, 11) is 0. The average Bonchev–Trinajstić information content (AvgIpc) is 2.52. The van der Waals surface area contributed by atoms with Gasteiger partial charge < -0.3 is 10.8 Å². The smallest absolute Gasteiger partial charge is 0.355 e. The molecule has 0 unspecified atom stereocenters. The summed E-state index contributed by atoms with van der Waals surface area (Å²) in [4.78, 5) is 15.1. The lowest BCUT2D eigenvalue weighted by Crippen LogP contribution is -2.10. The van der Waals surface area contributed by atoms with Gasteiger partial charge in [-0.15, -0.1) is 0 Å². The van der Waals surface area contributed by atoms with Gasteiger partial charge in [0.1, 0.15) is 5.69 Å². The summed E-state index contributed by atoms with van der Waals surface area (Å²) < 4.78 is 14.3. The molecule has 4 nitrogen and oxygen atoms in total. The molecule has 0 amide bonds. The zero-order valence-electron chi connectivity index (χ0n) is 12.9. The topological polar surface area (TPSA) is 76.2 Å². The summed E-state index contributed by atoms with van der Waals surface area (Å²) in [6.07, 6.45) is 1.19. The third-order valence-corrected chi connectivity index (χ3v) is 2.94. The number of benzene rings is 1. The first-order chi connectivity index (χ1) is 10.5. The molecule has 22 heavy (non-hydrogen) atoms. The summed E-state index contributed by atoms with van der Waals surface area (Å²) in [5, 5.41) is 9.14. The van der Waals surface area contributed by atoms with Gasteiger partial charge in [-0.05, 0) is 6.92 Å². The maximum Gasteiger partial charge on any atom is 0.355 e. The van der Waals surface area contributed by atoms with Gasteiger partial charge in [0.05, 0.1) is 5.69 Å². The van der Waals surface area contributed by atoms with Gasteiger partial charge in [0.2, 0.25) is 0 Å². The van der Waals surface area contributed by atoms with E-state index < -0.39 is 11.8 Å². The predicted molar refractivity (Wildman–Crippen MR) is 87.2 cm³/mol.